The molecular weight excluding hydrogens is 306 g/mol. The number of aryl methyl sites for hydroxylation is 1. The van der Waals surface area contributed by atoms with E-state index in [1.54, 1.807) is 29.3 Å². The molecule has 1 aliphatic rings. The number of nitrogens with one attached hydrogen (secondary N) is 1. The second-order valence-corrected chi connectivity index (χ2v) is 6.17. The number of hydrogen-bond donors (Lipinski definition) is 1. The third-order valence-corrected chi connectivity index (χ3v) is 4.63. The van der Waals surface area contributed by atoms with Gasteiger partial charge in [-0.25, -0.2) is 0 Å². The second kappa shape index (κ2) is 6.03. The molecule has 8 nitrogen and oxygen atoms in total. The number of anilines is 1. The van der Waals surface area contributed by atoms with Gasteiger partial charge in [-0.3, -0.25) is 14.2 Å². The Hall–Kier alpha value is -2.77. The second-order valence-electron chi connectivity index (χ2n) is 6.17. The Balaban J connectivity index is 1.61. The fraction of sp³-hybridized carbons (Fsp3) is 0.438. The van der Waals surface area contributed by atoms with E-state index in [9.17, 15) is 4.79 Å². The van der Waals surface area contributed by atoms with Crippen molar-refractivity contribution in [3.05, 3.63) is 30.4 Å². The van der Waals surface area contributed by atoms with Crippen LogP contribution in [0.25, 0.3) is 10.9 Å². The maximum atomic E-state index is 12.7. The van der Waals surface area contributed by atoms with E-state index in [0.717, 1.165) is 23.7 Å². The van der Waals surface area contributed by atoms with Crippen LogP contribution in [0.1, 0.15) is 48.6 Å². The molecule has 0 spiro atoms. The minimum absolute atomic E-state index is 0.219. The summed E-state index contributed by atoms with van der Waals surface area (Å²) in [5.74, 6) is 0.200. The van der Waals surface area contributed by atoms with E-state index in [2.05, 4.69) is 25.7 Å². The Morgan fingerprint density at radius 1 is 1.21 bits per heavy atom. The number of nitrogens with zero attached hydrogens (tertiary/aromatic N) is 6. The van der Waals surface area contributed by atoms with Crippen LogP contribution in [0.5, 0.6) is 0 Å². The average Bonchev–Trinajstić information content (AvgIpc) is 3.24. The molecule has 1 amide bonds. The summed E-state index contributed by atoms with van der Waals surface area (Å²) in [4.78, 5) is 12.7. The Labute approximate surface area is 138 Å². The Morgan fingerprint density at radius 2 is 2.04 bits per heavy atom. The molecule has 3 aromatic rings. The molecule has 0 radical (unpaired) electrons. The molecule has 0 bridgehead atoms. The molecule has 0 aromatic carbocycles. The van der Waals surface area contributed by atoms with Gasteiger partial charge >= 0.3 is 0 Å². The summed E-state index contributed by atoms with van der Waals surface area (Å²) in [5, 5.41) is 20.2. The first-order valence-corrected chi connectivity index (χ1v) is 8.22. The van der Waals surface area contributed by atoms with Crippen molar-refractivity contribution in [3.8, 4) is 0 Å². The zero-order valence-corrected chi connectivity index (χ0v) is 13.5. The summed E-state index contributed by atoms with van der Waals surface area (Å²) >= 11 is 0. The Bertz CT molecular complexity index is 876. The monoisotopic (exact) mass is 325 g/mol. The number of hydrogen-bond acceptors (Lipinski definition) is 5. The molecule has 24 heavy (non-hydrogen) atoms. The van der Waals surface area contributed by atoms with Gasteiger partial charge in [-0.15, -0.1) is 5.10 Å². The number of aromatic nitrogens is 6. The average molecular weight is 325 g/mol. The summed E-state index contributed by atoms with van der Waals surface area (Å²) in [5.41, 5.74) is 1.38. The molecule has 1 aliphatic carbocycles. The Morgan fingerprint density at radius 3 is 2.88 bits per heavy atom. The molecule has 4 rings (SSSR count). The van der Waals surface area contributed by atoms with E-state index in [0.29, 0.717) is 17.6 Å². The molecule has 0 unspecified atom stereocenters. The van der Waals surface area contributed by atoms with Crippen LogP contribution in [-0.4, -0.2) is 35.7 Å². The van der Waals surface area contributed by atoms with Crippen molar-refractivity contribution in [2.45, 2.75) is 38.1 Å². The van der Waals surface area contributed by atoms with Gasteiger partial charge in [0.05, 0.1) is 29.3 Å². The van der Waals surface area contributed by atoms with Gasteiger partial charge in [0.25, 0.3) is 5.91 Å². The minimum Gasteiger partial charge on any atom is -0.303 e. The molecule has 3 aromatic heterocycles. The first-order valence-electron chi connectivity index (χ1n) is 8.22. The van der Waals surface area contributed by atoms with E-state index in [-0.39, 0.29) is 5.91 Å². The third kappa shape index (κ3) is 2.53. The molecular formula is C16H19N7O. The van der Waals surface area contributed by atoms with Crippen molar-refractivity contribution >= 4 is 22.6 Å². The lowest BCUT2D eigenvalue weighted by molar-refractivity contribution is 0.101. The van der Waals surface area contributed by atoms with E-state index < -0.39 is 0 Å². The van der Waals surface area contributed by atoms with Crippen LogP contribution in [0.2, 0.25) is 0 Å². The highest BCUT2D eigenvalue weighted by Crippen LogP contribution is 2.29. The summed E-state index contributed by atoms with van der Waals surface area (Å²) in [6.45, 7) is 0. The van der Waals surface area contributed by atoms with Crippen LogP contribution in [0.15, 0.2) is 24.7 Å². The molecule has 124 valence electrons. The first kappa shape index (κ1) is 14.8. The largest absolute Gasteiger partial charge is 0.303 e. The molecule has 1 N–H and O–H groups in total. The van der Waals surface area contributed by atoms with Crippen molar-refractivity contribution in [1.82, 2.24) is 29.8 Å². The van der Waals surface area contributed by atoms with Gasteiger partial charge in [-0.2, -0.15) is 15.3 Å². The van der Waals surface area contributed by atoms with Crippen molar-refractivity contribution < 1.29 is 4.79 Å². The maximum absolute atomic E-state index is 12.7. The predicted octanol–water partition coefficient (Wildman–Crippen LogP) is 2.32. The number of amides is 1. The van der Waals surface area contributed by atoms with Crippen LogP contribution in [0.3, 0.4) is 0 Å². The standard InChI is InChI=1S/C16H19N7O/c1-22-14-10-17-21-15(12(14)9-19-22)20-16(24)13-7-8-18-23(13)11-5-3-2-4-6-11/h7-11H,2-6H2,1H3,(H,20,21,24). The van der Waals surface area contributed by atoms with Crippen LogP contribution >= 0.6 is 0 Å². The van der Waals surface area contributed by atoms with Gasteiger partial charge < -0.3 is 5.32 Å². The van der Waals surface area contributed by atoms with Crippen LogP contribution in [0, 0.1) is 0 Å². The normalized spacial score (nSPS) is 15.7. The number of carbonyl (C=O) groups is 1. The van der Waals surface area contributed by atoms with Crippen molar-refractivity contribution in [2.24, 2.45) is 7.05 Å². The van der Waals surface area contributed by atoms with Crippen molar-refractivity contribution in [1.29, 1.82) is 0 Å². The fourth-order valence-electron chi connectivity index (χ4n) is 3.35. The zero-order chi connectivity index (χ0) is 16.5. The lowest BCUT2D eigenvalue weighted by atomic mass is 9.95. The summed E-state index contributed by atoms with van der Waals surface area (Å²) in [7, 11) is 1.83. The number of carbonyl (C=O) groups excluding carboxylic acids is 1. The SMILES string of the molecule is Cn1ncc2c(NC(=O)c3ccnn3C3CCCCC3)nncc21. The number of fused-ring (bicyclic) bond motifs is 1. The van der Waals surface area contributed by atoms with Crippen LogP contribution in [-0.2, 0) is 7.05 Å². The molecule has 8 heteroatoms. The molecule has 0 aliphatic heterocycles. The predicted molar refractivity (Wildman–Crippen MR) is 88.6 cm³/mol. The molecule has 1 fully saturated rings. The van der Waals surface area contributed by atoms with Gasteiger partial charge in [0.15, 0.2) is 5.82 Å². The highest BCUT2D eigenvalue weighted by Gasteiger charge is 2.22. The maximum Gasteiger partial charge on any atom is 0.275 e. The van der Waals surface area contributed by atoms with Gasteiger partial charge in [0.2, 0.25) is 0 Å². The lowest BCUT2D eigenvalue weighted by Gasteiger charge is -2.23. The first-order chi connectivity index (χ1) is 11.7. The van der Waals surface area contributed by atoms with Gasteiger partial charge in [-0.05, 0) is 18.9 Å². The van der Waals surface area contributed by atoms with E-state index >= 15 is 0 Å². The van der Waals surface area contributed by atoms with E-state index in [1.165, 1.54) is 19.3 Å². The molecule has 3 heterocycles. The lowest BCUT2D eigenvalue weighted by Crippen LogP contribution is -2.23. The Kier molecular flexibility index (Phi) is 3.72. The van der Waals surface area contributed by atoms with Crippen molar-refractivity contribution in [2.75, 3.05) is 5.32 Å². The molecule has 1 saturated carbocycles. The highest BCUT2D eigenvalue weighted by molar-refractivity contribution is 6.06. The van der Waals surface area contributed by atoms with Crippen molar-refractivity contribution in [3.63, 3.8) is 0 Å². The van der Waals surface area contributed by atoms with Gasteiger partial charge in [-0.1, -0.05) is 19.3 Å². The van der Waals surface area contributed by atoms with Gasteiger partial charge in [0.1, 0.15) is 5.69 Å². The minimum atomic E-state index is -0.219. The quantitative estimate of drug-likeness (QED) is 0.798. The topological polar surface area (TPSA) is 90.5 Å². The summed E-state index contributed by atoms with van der Waals surface area (Å²) < 4.78 is 3.55. The fourth-order valence-corrected chi connectivity index (χ4v) is 3.35. The molecule has 0 saturated heterocycles. The van der Waals surface area contributed by atoms with E-state index in [4.69, 9.17) is 0 Å². The van der Waals surface area contributed by atoms with Gasteiger partial charge in [0, 0.05) is 13.2 Å². The third-order valence-electron chi connectivity index (χ3n) is 4.63. The summed E-state index contributed by atoms with van der Waals surface area (Å²) in [6, 6.07) is 2.05. The van der Waals surface area contributed by atoms with Crippen LogP contribution in [0.4, 0.5) is 5.82 Å². The van der Waals surface area contributed by atoms with Crippen LogP contribution < -0.4 is 5.32 Å². The zero-order valence-electron chi connectivity index (χ0n) is 13.5. The number of rotatable bonds is 3. The van der Waals surface area contributed by atoms with E-state index in [1.807, 2.05) is 11.7 Å². The smallest absolute Gasteiger partial charge is 0.275 e. The molecule has 0 atom stereocenters. The highest BCUT2D eigenvalue weighted by atomic mass is 16.2. The summed E-state index contributed by atoms with van der Waals surface area (Å²) in [6.07, 6.45) is 10.8.